The van der Waals surface area contributed by atoms with Crippen molar-refractivity contribution in [3.05, 3.63) is 44.9 Å². The number of amides is 1. The highest BCUT2D eigenvalue weighted by Gasteiger charge is 2.31. The van der Waals surface area contributed by atoms with Crippen molar-refractivity contribution < 1.29 is 19.1 Å². The summed E-state index contributed by atoms with van der Waals surface area (Å²) in [7, 11) is 0. The molecule has 0 radical (unpaired) electrons. The number of H-pyrrole nitrogens is 1. The van der Waals surface area contributed by atoms with Gasteiger partial charge in [-0.3, -0.25) is 0 Å². The second-order valence-corrected chi connectivity index (χ2v) is 11.1. The number of halogens is 2. The molecule has 1 aliphatic heterocycles. The number of piperidine rings is 1. The van der Waals surface area contributed by atoms with Gasteiger partial charge in [-0.1, -0.05) is 23.2 Å². The summed E-state index contributed by atoms with van der Waals surface area (Å²) >= 11 is 14.1. The number of nitrogens with zero attached hydrogens (tertiary/aromatic N) is 1. The summed E-state index contributed by atoms with van der Waals surface area (Å²) in [5.74, 6) is -0.153. The van der Waals surface area contributed by atoms with Gasteiger partial charge in [0.2, 0.25) is 0 Å². The van der Waals surface area contributed by atoms with E-state index in [0.29, 0.717) is 28.8 Å². The number of hydrogen-bond donors (Lipinski definition) is 1. The lowest BCUT2D eigenvalue weighted by Gasteiger charge is -2.33. The van der Waals surface area contributed by atoms with Gasteiger partial charge in [0.15, 0.2) is 0 Å². The van der Waals surface area contributed by atoms with Crippen molar-refractivity contribution in [1.82, 2.24) is 9.88 Å². The van der Waals surface area contributed by atoms with Gasteiger partial charge in [0.05, 0.1) is 16.8 Å². The van der Waals surface area contributed by atoms with Crippen molar-refractivity contribution in [2.75, 3.05) is 19.7 Å². The molecule has 1 aliphatic rings. The Bertz CT molecular complexity index is 1200. The van der Waals surface area contributed by atoms with Crippen LogP contribution in [0.2, 0.25) is 10.0 Å². The minimum absolute atomic E-state index is 0.261. The van der Waals surface area contributed by atoms with E-state index in [9.17, 15) is 9.59 Å². The molecule has 34 heavy (non-hydrogen) atoms. The fraction of sp³-hybridized carbons (Fsp3) is 0.440. The maximum atomic E-state index is 12.8. The molecule has 3 aromatic rings. The SMILES string of the molecule is CCOC(=O)c1[nH]c2c(C3CCN(C(=O)OC(C)(C)C)CC3)csc2c1-c1cc(Cl)cc(Cl)c1. The van der Waals surface area contributed by atoms with Crippen molar-refractivity contribution in [2.24, 2.45) is 0 Å². The number of likely N-dealkylation sites (tertiary alicyclic amines) is 1. The van der Waals surface area contributed by atoms with E-state index >= 15 is 0 Å². The molecule has 0 aliphatic carbocycles. The molecule has 0 atom stereocenters. The molecule has 0 unspecified atom stereocenters. The quantitative estimate of drug-likeness (QED) is 0.360. The van der Waals surface area contributed by atoms with E-state index in [-0.39, 0.29) is 18.6 Å². The van der Waals surface area contributed by atoms with Crippen LogP contribution >= 0.6 is 34.5 Å². The number of aromatic nitrogens is 1. The summed E-state index contributed by atoms with van der Waals surface area (Å²) in [5.41, 5.74) is 3.47. The van der Waals surface area contributed by atoms with Crippen molar-refractivity contribution in [1.29, 1.82) is 0 Å². The van der Waals surface area contributed by atoms with E-state index in [0.717, 1.165) is 39.7 Å². The number of thiophene rings is 1. The summed E-state index contributed by atoms with van der Waals surface area (Å²) in [6, 6.07) is 5.27. The van der Waals surface area contributed by atoms with Crippen molar-refractivity contribution >= 4 is 56.8 Å². The number of ether oxygens (including phenoxy) is 2. The molecule has 1 saturated heterocycles. The van der Waals surface area contributed by atoms with Crippen LogP contribution in [-0.4, -0.2) is 47.2 Å². The van der Waals surface area contributed by atoms with E-state index in [1.54, 1.807) is 41.4 Å². The highest BCUT2D eigenvalue weighted by molar-refractivity contribution is 7.18. The predicted molar refractivity (Wildman–Crippen MR) is 137 cm³/mol. The number of carbonyl (C=O) groups excluding carboxylic acids is 2. The normalized spacial score (nSPS) is 15.1. The average molecular weight is 523 g/mol. The second kappa shape index (κ2) is 9.80. The number of benzene rings is 1. The number of rotatable bonds is 4. The summed E-state index contributed by atoms with van der Waals surface area (Å²) in [5, 5.41) is 3.13. The molecule has 1 aromatic carbocycles. The van der Waals surface area contributed by atoms with E-state index in [1.165, 1.54) is 0 Å². The van der Waals surface area contributed by atoms with Crippen LogP contribution in [0.15, 0.2) is 23.6 Å². The van der Waals surface area contributed by atoms with Gasteiger partial charge >= 0.3 is 12.1 Å². The van der Waals surface area contributed by atoms with Crippen molar-refractivity contribution in [3.63, 3.8) is 0 Å². The fourth-order valence-corrected chi connectivity index (χ4v) is 6.02. The Morgan fingerprint density at radius 3 is 2.38 bits per heavy atom. The molecule has 1 N–H and O–H groups in total. The third-order valence-corrected chi connectivity index (χ3v) is 7.22. The molecule has 1 fully saturated rings. The summed E-state index contributed by atoms with van der Waals surface area (Å²) < 4.78 is 11.8. The summed E-state index contributed by atoms with van der Waals surface area (Å²) in [6.07, 6.45) is 1.36. The molecule has 6 nitrogen and oxygen atoms in total. The highest BCUT2D eigenvalue weighted by atomic mass is 35.5. The van der Waals surface area contributed by atoms with Crippen LogP contribution in [0.4, 0.5) is 4.79 Å². The fourth-order valence-electron chi connectivity index (χ4n) is 4.32. The highest BCUT2D eigenvalue weighted by Crippen LogP contribution is 2.43. The van der Waals surface area contributed by atoms with E-state index < -0.39 is 11.6 Å². The van der Waals surface area contributed by atoms with Crippen LogP contribution in [0.1, 0.15) is 62.5 Å². The van der Waals surface area contributed by atoms with Crippen LogP contribution in [0.3, 0.4) is 0 Å². The molecule has 9 heteroatoms. The maximum absolute atomic E-state index is 12.8. The minimum atomic E-state index is -0.513. The van der Waals surface area contributed by atoms with Gasteiger partial charge < -0.3 is 19.4 Å². The monoisotopic (exact) mass is 522 g/mol. The number of nitrogens with one attached hydrogen (secondary N) is 1. The lowest BCUT2D eigenvalue weighted by molar-refractivity contribution is 0.0205. The molecule has 182 valence electrons. The molecule has 0 saturated carbocycles. The largest absolute Gasteiger partial charge is 0.461 e. The lowest BCUT2D eigenvalue weighted by atomic mass is 9.90. The molecule has 0 spiro atoms. The zero-order valence-electron chi connectivity index (χ0n) is 19.7. The third-order valence-electron chi connectivity index (χ3n) is 5.76. The lowest BCUT2D eigenvalue weighted by Crippen LogP contribution is -2.41. The van der Waals surface area contributed by atoms with Gasteiger partial charge in [-0.25, -0.2) is 9.59 Å². The van der Waals surface area contributed by atoms with E-state index in [4.69, 9.17) is 32.7 Å². The van der Waals surface area contributed by atoms with Crippen molar-refractivity contribution in [2.45, 2.75) is 52.1 Å². The first-order valence-corrected chi connectivity index (χ1v) is 13.0. The van der Waals surface area contributed by atoms with Gasteiger partial charge in [0.1, 0.15) is 11.3 Å². The number of aromatic amines is 1. The first-order valence-electron chi connectivity index (χ1n) is 11.3. The Labute approximate surface area is 213 Å². The number of hydrogen-bond acceptors (Lipinski definition) is 5. The molecule has 3 heterocycles. The van der Waals surface area contributed by atoms with Crippen LogP contribution in [0.25, 0.3) is 21.3 Å². The molecular formula is C25H28Cl2N2O4S. The first kappa shape index (κ1) is 24.9. The summed E-state index contributed by atoms with van der Waals surface area (Å²) in [6.45, 7) is 8.92. The number of carbonyl (C=O) groups is 2. The van der Waals surface area contributed by atoms with Crippen LogP contribution in [-0.2, 0) is 9.47 Å². The van der Waals surface area contributed by atoms with Gasteiger partial charge in [-0.15, -0.1) is 11.3 Å². The topological polar surface area (TPSA) is 71.6 Å². The molecule has 1 amide bonds. The zero-order chi connectivity index (χ0) is 24.6. The second-order valence-electron chi connectivity index (χ2n) is 9.39. The van der Waals surface area contributed by atoms with E-state index in [1.807, 2.05) is 20.8 Å². The minimum Gasteiger partial charge on any atom is -0.461 e. The average Bonchev–Trinajstić information content (AvgIpc) is 3.31. The van der Waals surface area contributed by atoms with Crippen LogP contribution < -0.4 is 0 Å². The first-order chi connectivity index (χ1) is 16.1. The Hall–Kier alpha value is -2.22. The Balaban J connectivity index is 1.66. The van der Waals surface area contributed by atoms with Gasteiger partial charge in [0.25, 0.3) is 0 Å². The van der Waals surface area contributed by atoms with E-state index in [2.05, 4.69) is 10.4 Å². The van der Waals surface area contributed by atoms with Crippen LogP contribution in [0.5, 0.6) is 0 Å². The third kappa shape index (κ3) is 5.21. The molecule has 4 rings (SSSR count). The molecule has 2 aromatic heterocycles. The van der Waals surface area contributed by atoms with Gasteiger partial charge in [0, 0.05) is 28.7 Å². The zero-order valence-corrected chi connectivity index (χ0v) is 22.0. The van der Waals surface area contributed by atoms with Crippen LogP contribution in [0, 0.1) is 0 Å². The van der Waals surface area contributed by atoms with Gasteiger partial charge in [-0.2, -0.15) is 0 Å². The van der Waals surface area contributed by atoms with Gasteiger partial charge in [-0.05, 0) is 81.2 Å². The Kier molecular flexibility index (Phi) is 7.17. The standard InChI is InChI=1S/C25H28Cl2N2O4S/c1-5-32-23(30)21-19(15-10-16(26)12-17(27)11-15)22-20(28-21)18(13-34-22)14-6-8-29(9-7-14)24(31)33-25(2,3)4/h10-14,28H,5-9H2,1-4H3. The molecular weight excluding hydrogens is 495 g/mol. The maximum Gasteiger partial charge on any atom is 0.410 e. The Morgan fingerprint density at radius 1 is 1.15 bits per heavy atom. The Morgan fingerprint density at radius 2 is 1.79 bits per heavy atom. The molecule has 0 bridgehead atoms. The number of fused-ring (bicyclic) bond motifs is 1. The summed E-state index contributed by atoms with van der Waals surface area (Å²) in [4.78, 5) is 30.4. The predicted octanol–water partition coefficient (Wildman–Crippen LogP) is 7.49. The smallest absolute Gasteiger partial charge is 0.410 e. The van der Waals surface area contributed by atoms with Crippen molar-refractivity contribution in [3.8, 4) is 11.1 Å². The number of esters is 1.